The molecule has 1 heterocycles. The van der Waals surface area contributed by atoms with Crippen LogP contribution in [0, 0.1) is 12.7 Å². The zero-order chi connectivity index (χ0) is 15.4. The van der Waals surface area contributed by atoms with Gasteiger partial charge in [0.2, 0.25) is 0 Å². The molecule has 0 radical (unpaired) electrons. The van der Waals surface area contributed by atoms with Gasteiger partial charge in [-0.3, -0.25) is 4.79 Å². The van der Waals surface area contributed by atoms with Gasteiger partial charge in [0.1, 0.15) is 5.82 Å². The van der Waals surface area contributed by atoms with E-state index in [1.54, 1.807) is 19.1 Å². The van der Waals surface area contributed by atoms with Crippen molar-refractivity contribution < 1.29 is 9.50 Å². The molecule has 0 unspecified atom stereocenters. The first-order chi connectivity index (χ1) is 10.0. The molecule has 0 fully saturated rings. The quantitative estimate of drug-likeness (QED) is 0.654. The van der Waals surface area contributed by atoms with Crippen molar-refractivity contribution in [3.8, 4) is 0 Å². The van der Waals surface area contributed by atoms with E-state index in [9.17, 15) is 9.18 Å². The van der Waals surface area contributed by atoms with Gasteiger partial charge in [-0.15, -0.1) is 0 Å². The highest BCUT2D eigenvalue weighted by Gasteiger charge is 2.11. The minimum atomic E-state index is -0.383. The Morgan fingerprint density at radius 3 is 2.81 bits per heavy atom. The van der Waals surface area contributed by atoms with Gasteiger partial charge < -0.3 is 10.1 Å². The minimum absolute atomic E-state index is 0.108. The van der Waals surface area contributed by atoms with E-state index in [4.69, 9.17) is 16.7 Å². The number of nitrogens with one attached hydrogen (secondary N) is 1. The number of aliphatic hydroxyl groups excluding tert-OH is 1. The minimum Gasteiger partial charge on any atom is -0.396 e. The summed E-state index contributed by atoms with van der Waals surface area (Å²) in [4.78, 5) is 18.8. The van der Waals surface area contributed by atoms with Crippen molar-refractivity contribution in [3.05, 3.63) is 56.2 Å². The fourth-order valence-electron chi connectivity index (χ4n) is 1.87. The topological polar surface area (TPSA) is 66.0 Å². The van der Waals surface area contributed by atoms with Gasteiger partial charge in [-0.2, -0.15) is 0 Å². The van der Waals surface area contributed by atoms with Gasteiger partial charge in [-0.05, 0) is 19.1 Å². The van der Waals surface area contributed by atoms with Gasteiger partial charge in [0.05, 0.1) is 0 Å². The maximum absolute atomic E-state index is 13.7. The molecule has 4 nitrogen and oxygen atoms in total. The number of rotatable bonds is 5. The first-order valence-corrected chi connectivity index (χ1v) is 7.65. The van der Waals surface area contributed by atoms with E-state index in [1.807, 2.05) is 0 Å². The van der Waals surface area contributed by atoms with E-state index < -0.39 is 0 Å². The zero-order valence-electron chi connectivity index (χ0n) is 11.3. The maximum atomic E-state index is 13.7. The smallest absolute Gasteiger partial charge is 0.255 e. The average Bonchev–Trinajstić information content (AvgIpc) is 2.42. The van der Waals surface area contributed by atoms with Gasteiger partial charge in [0.15, 0.2) is 5.16 Å². The Bertz CT molecular complexity index is 686. The maximum Gasteiger partial charge on any atom is 0.255 e. The highest BCUT2D eigenvalue weighted by Crippen LogP contribution is 2.26. The lowest BCUT2D eigenvalue weighted by atomic mass is 10.2. The lowest BCUT2D eigenvalue weighted by molar-refractivity contribution is 0.298. The second-order valence-electron chi connectivity index (χ2n) is 4.40. The standard InChI is InChI=1S/C14H14ClFN2O2S/c1-8-9(5-6-19)13(20)18-14(17-8)21-7-10-11(15)3-2-4-12(10)16/h2-4,19H,5-7H2,1H3,(H,17,18,20). The summed E-state index contributed by atoms with van der Waals surface area (Å²) < 4.78 is 13.7. The fraction of sp³-hybridized carbons (Fsp3) is 0.286. The second-order valence-corrected chi connectivity index (χ2v) is 5.77. The third-order valence-electron chi connectivity index (χ3n) is 2.98. The Kier molecular flexibility index (Phi) is 5.39. The Morgan fingerprint density at radius 1 is 1.43 bits per heavy atom. The molecule has 1 aromatic carbocycles. The van der Waals surface area contributed by atoms with Crippen molar-refractivity contribution in [2.24, 2.45) is 0 Å². The molecule has 0 saturated carbocycles. The fourth-order valence-corrected chi connectivity index (χ4v) is 3.12. The van der Waals surface area contributed by atoms with Crippen LogP contribution in [0.4, 0.5) is 4.39 Å². The predicted molar refractivity (Wildman–Crippen MR) is 81.4 cm³/mol. The largest absolute Gasteiger partial charge is 0.396 e. The summed E-state index contributed by atoms with van der Waals surface area (Å²) in [5.41, 5.74) is 1.13. The molecule has 0 atom stereocenters. The number of aliphatic hydroxyl groups is 1. The van der Waals surface area contributed by atoms with Crippen LogP contribution < -0.4 is 5.56 Å². The molecule has 2 aromatic rings. The summed E-state index contributed by atoms with van der Waals surface area (Å²) in [6.07, 6.45) is 0.262. The van der Waals surface area contributed by atoms with Crippen LogP contribution >= 0.6 is 23.4 Å². The molecular weight excluding hydrogens is 315 g/mol. The molecule has 21 heavy (non-hydrogen) atoms. The lowest BCUT2D eigenvalue weighted by Crippen LogP contribution is -2.18. The number of hydrogen-bond acceptors (Lipinski definition) is 4. The first-order valence-electron chi connectivity index (χ1n) is 6.29. The molecule has 0 bridgehead atoms. The summed E-state index contributed by atoms with van der Waals surface area (Å²) >= 11 is 7.15. The van der Waals surface area contributed by atoms with Crippen LogP contribution in [0.5, 0.6) is 0 Å². The number of hydrogen-bond donors (Lipinski definition) is 2. The van der Waals surface area contributed by atoms with E-state index >= 15 is 0 Å². The molecule has 0 aliphatic carbocycles. The van der Waals surface area contributed by atoms with E-state index in [-0.39, 0.29) is 30.2 Å². The molecule has 112 valence electrons. The Hall–Kier alpha value is -1.37. The van der Waals surface area contributed by atoms with Crippen LogP contribution in [0.2, 0.25) is 5.02 Å². The molecule has 7 heteroatoms. The number of aryl methyl sites for hydroxylation is 1. The first kappa shape index (κ1) is 16.0. The number of H-pyrrole nitrogens is 1. The zero-order valence-corrected chi connectivity index (χ0v) is 12.9. The average molecular weight is 329 g/mol. The molecule has 0 saturated heterocycles. The van der Waals surface area contributed by atoms with Crippen molar-refractivity contribution in [3.63, 3.8) is 0 Å². The summed E-state index contributed by atoms with van der Waals surface area (Å²) in [6.45, 7) is 1.60. The Balaban J connectivity index is 2.20. The highest BCUT2D eigenvalue weighted by molar-refractivity contribution is 7.98. The second kappa shape index (κ2) is 7.06. The normalized spacial score (nSPS) is 10.9. The summed E-state index contributed by atoms with van der Waals surface area (Å²) in [5, 5.41) is 9.66. The van der Waals surface area contributed by atoms with Gasteiger partial charge in [-0.25, -0.2) is 9.37 Å². The number of thioether (sulfide) groups is 1. The lowest BCUT2D eigenvalue weighted by Gasteiger charge is -2.07. The number of benzene rings is 1. The third-order valence-corrected chi connectivity index (χ3v) is 4.23. The van der Waals surface area contributed by atoms with E-state index in [1.165, 1.54) is 17.8 Å². The Labute approximate surface area is 130 Å². The van der Waals surface area contributed by atoms with Crippen LogP contribution in [0.3, 0.4) is 0 Å². The molecular formula is C14H14ClFN2O2S. The summed E-state index contributed by atoms with van der Waals surface area (Å²) in [6, 6.07) is 4.50. The van der Waals surface area contributed by atoms with Crippen molar-refractivity contribution in [2.45, 2.75) is 24.3 Å². The highest BCUT2D eigenvalue weighted by atomic mass is 35.5. The van der Waals surface area contributed by atoms with E-state index in [0.717, 1.165) is 0 Å². The van der Waals surface area contributed by atoms with Crippen molar-refractivity contribution >= 4 is 23.4 Å². The van der Waals surface area contributed by atoms with Crippen LogP contribution in [-0.2, 0) is 12.2 Å². The van der Waals surface area contributed by atoms with Crippen molar-refractivity contribution in [2.75, 3.05) is 6.61 Å². The van der Waals surface area contributed by atoms with Crippen LogP contribution in [0.1, 0.15) is 16.8 Å². The monoisotopic (exact) mass is 328 g/mol. The van der Waals surface area contributed by atoms with Crippen molar-refractivity contribution in [1.82, 2.24) is 9.97 Å². The van der Waals surface area contributed by atoms with Gasteiger partial charge in [-0.1, -0.05) is 29.4 Å². The Morgan fingerprint density at radius 2 is 2.19 bits per heavy atom. The molecule has 0 aliphatic rings. The summed E-state index contributed by atoms with van der Waals surface area (Å²) in [7, 11) is 0. The van der Waals surface area contributed by atoms with Crippen molar-refractivity contribution in [1.29, 1.82) is 0 Å². The SMILES string of the molecule is Cc1nc(SCc2c(F)cccc2Cl)[nH]c(=O)c1CCO. The molecule has 2 N–H and O–H groups in total. The van der Waals surface area contributed by atoms with Crippen LogP contribution in [0.25, 0.3) is 0 Å². The molecule has 0 spiro atoms. The van der Waals surface area contributed by atoms with E-state index in [0.29, 0.717) is 27.0 Å². The van der Waals surface area contributed by atoms with Crippen LogP contribution in [-0.4, -0.2) is 21.7 Å². The molecule has 1 aromatic heterocycles. The van der Waals surface area contributed by atoms with Gasteiger partial charge in [0.25, 0.3) is 5.56 Å². The van der Waals surface area contributed by atoms with Gasteiger partial charge in [0, 0.05) is 40.6 Å². The molecule has 0 amide bonds. The number of aromatic amines is 1. The third kappa shape index (κ3) is 3.84. The number of aromatic nitrogens is 2. The van der Waals surface area contributed by atoms with Gasteiger partial charge >= 0.3 is 0 Å². The number of nitrogens with zero attached hydrogens (tertiary/aromatic N) is 1. The summed E-state index contributed by atoms with van der Waals surface area (Å²) in [5.74, 6) is -0.112. The molecule has 0 aliphatic heterocycles. The molecule has 2 rings (SSSR count). The predicted octanol–water partition coefficient (Wildman–Crippen LogP) is 2.70. The number of halogens is 2. The van der Waals surface area contributed by atoms with E-state index in [2.05, 4.69) is 9.97 Å². The van der Waals surface area contributed by atoms with Crippen LogP contribution in [0.15, 0.2) is 28.2 Å².